The van der Waals surface area contributed by atoms with Crippen LogP contribution in [-0.2, 0) is 6.54 Å². The summed E-state index contributed by atoms with van der Waals surface area (Å²) in [6, 6.07) is 11.6. The molecule has 1 fully saturated rings. The molecule has 0 spiro atoms. The first-order valence-corrected chi connectivity index (χ1v) is 8.18. The molecule has 0 atom stereocenters. The van der Waals surface area contributed by atoms with Crippen molar-refractivity contribution in [1.82, 2.24) is 15.2 Å². The van der Waals surface area contributed by atoms with Crippen LogP contribution < -0.4 is 15.5 Å². The van der Waals surface area contributed by atoms with Gasteiger partial charge in [-0.25, -0.2) is 4.79 Å². The number of carbonyl (C=O) groups is 1. The molecule has 6 heteroatoms. The summed E-state index contributed by atoms with van der Waals surface area (Å²) in [4.78, 5) is 20.6. The summed E-state index contributed by atoms with van der Waals surface area (Å²) >= 11 is 0. The zero-order chi connectivity index (χ0) is 16.8. The number of likely N-dealkylation sites (N-methyl/N-ethyl adjacent to an activating group) is 1. The highest BCUT2D eigenvalue weighted by atomic mass is 16.2. The van der Waals surface area contributed by atoms with Gasteiger partial charge < -0.3 is 20.4 Å². The molecule has 0 bridgehead atoms. The lowest BCUT2D eigenvalue weighted by atomic mass is 10.2. The van der Waals surface area contributed by atoms with E-state index in [2.05, 4.69) is 44.6 Å². The minimum atomic E-state index is -0.209. The summed E-state index contributed by atoms with van der Waals surface area (Å²) in [5.74, 6) is 0. The lowest BCUT2D eigenvalue weighted by Gasteiger charge is -2.34. The Bertz CT molecular complexity index is 651. The van der Waals surface area contributed by atoms with Crippen molar-refractivity contribution in [2.45, 2.75) is 6.54 Å². The van der Waals surface area contributed by atoms with Crippen LogP contribution >= 0.6 is 0 Å². The second-order valence-corrected chi connectivity index (χ2v) is 6.00. The molecule has 2 aromatic rings. The van der Waals surface area contributed by atoms with Crippen molar-refractivity contribution in [2.75, 3.05) is 43.4 Å². The van der Waals surface area contributed by atoms with Gasteiger partial charge in [0.15, 0.2) is 0 Å². The van der Waals surface area contributed by atoms with Crippen LogP contribution in [0, 0.1) is 0 Å². The molecule has 6 nitrogen and oxygen atoms in total. The quantitative estimate of drug-likeness (QED) is 0.904. The second-order valence-electron chi connectivity index (χ2n) is 6.00. The van der Waals surface area contributed by atoms with Crippen LogP contribution in [0.15, 0.2) is 48.8 Å². The molecule has 3 rings (SSSR count). The van der Waals surface area contributed by atoms with Crippen LogP contribution in [-0.4, -0.2) is 49.1 Å². The van der Waals surface area contributed by atoms with E-state index in [0.717, 1.165) is 37.4 Å². The second kappa shape index (κ2) is 7.79. The molecular weight excluding hydrogens is 302 g/mol. The number of carbonyl (C=O) groups excluding carboxylic acids is 1. The van der Waals surface area contributed by atoms with Gasteiger partial charge in [0.25, 0.3) is 0 Å². The smallest absolute Gasteiger partial charge is 0.319 e. The lowest BCUT2D eigenvalue weighted by Crippen LogP contribution is -2.44. The zero-order valence-electron chi connectivity index (χ0n) is 13.9. The fourth-order valence-corrected chi connectivity index (χ4v) is 2.68. The van der Waals surface area contributed by atoms with Crippen molar-refractivity contribution >= 4 is 17.4 Å². The Morgan fingerprint density at radius 3 is 2.38 bits per heavy atom. The van der Waals surface area contributed by atoms with Gasteiger partial charge in [0.05, 0.1) is 0 Å². The molecule has 0 radical (unpaired) electrons. The normalized spacial score (nSPS) is 15.1. The fourth-order valence-electron chi connectivity index (χ4n) is 2.68. The molecule has 2 heterocycles. The van der Waals surface area contributed by atoms with Gasteiger partial charge in [0.2, 0.25) is 0 Å². The minimum absolute atomic E-state index is 0.209. The molecule has 1 aromatic heterocycles. The number of hydrogen-bond acceptors (Lipinski definition) is 4. The van der Waals surface area contributed by atoms with Gasteiger partial charge in [-0.3, -0.25) is 4.98 Å². The van der Waals surface area contributed by atoms with Gasteiger partial charge in [-0.1, -0.05) is 0 Å². The number of rotatable bonds is 4. The van der Waals surface area contributed by atoms with Crippen molar-refractivity contribution in [2.24, 2.45) is 0 Å². The van der Waals surface area contributed by atoms with Gasteiger partial charge in [-0.05, 0) is 49.0 Å². The molecule has 2 amide bonds. The molecule has 1 aromatic carbocycles. The first kappa shape index (κ1) is 16.3. The number of nitrogens with zero attached hydrogens (tertiary/aromatic N) is 3. The number of hydrogen-bond donors (Lipinski definition) is 2. The Morgan fingerprint density at radius 1 is 1.04 bits per heavy atom. The number of benzene rings is 1. The molecular formula is C18H23N5O. The first-order chi connectivity index (χ1) is 11.7. The standard InChI is InChI=1S/C18H23N5O/c1-22-10-12-23(13-11-22)17-4-2-16(3-5-17)21-18(24)20-14-15-6-8-19-9-7-15/h2-9H,10-14H2,1H3,(H2,20,21,24). The van der Waals surface area contributed by atoms with E-state index < -0.39 is 0 Å². The lowest BCUT2D eigenvalue weighted by molar-refractivity contribution is 0.251. The largest absolute Gasteiger partial charge is 0.369 e. The van der Waals surface area contributed by atoms with Gasteiger partial charge in [-0.15, -0.1) is 0 Å². The van der Waals surface area contributed by atoms with Crippen molar-refractivity contribution in [3.8, 4) is 0 Å². The number of urea groups is 1. The zero-order valence-corrected chi connectivity index (χ0v) is 13.9. The van der Waals surface area contributed by atoms with E-state index >= 15 is 0 Å². The van der Waals surface area contributed by atoms with E-state index in [1.54, 1.807) is 12.4 Å². The minimum Gasteiger partial charge on any atom is -0.369 e. The van der Waals surface area contributed by atoms with Crippen LogP contribution in [0.2, 0.25) is 0 Å². The topological polar surface area (TPSA) is 60.5 Å². The van der Waals surface area contributed by atoms with Gasteiger partial charge in [-0.2, -0.15) is 0 Å². The van der Waals surface area contributed by atoms with E-state index in [1.165, 1.54) is 5.69 Å². The Hall–Kier alpha value is -2.60. The predicted molar refractivity (Wildman–Crippen MR) is 96.2 cm³/mol. The highest BCUT2D eigenvalue weighted by Crippen LogP contribution is 2.19. The maximum atomic E-state index is 12.0. The third-order valence-electron chi connectivity index (χ3n) is 4.20. The molecule has 0 saturated carbocycles. The Balaban J connectivity index is 1.49. The molecule has 126 valence electrons. The van der Waals surface area contributed by atoms with Gasteiger partial charge in [0.1, 0.15) is 0 Å². The van der Waals surface area contributed by atoms with Crippen molar-refractivity contribution in [3.05, 3.63) is 54.4 Å². The third-order valence-corrected chi connectivity index (χ3v) is 4.20. The fraction of sp³-hybridized carbons (Fsp3) is 0.333. The third kappa shape index (κ3) is 4.45. The molecule has 1 aliphatic heterocycles. The monoisotopic (exact) mass is 325 g/mol. The number of nitrogens with one attached hydrogen (secondary N) is 2. The van der Waals surface area contributed by atoms with Crippen molar-refractivity contribution in [3.63, 3.8) is 0 Å². The van der Waals surface area contributed by atoms with Gasteiger partial charge >= 0.3 is 6.03 Å². The van der Waals surface area contributed by atoms with Crippen LogP contribution in [0.4, 0.5) is 16.2 Å². The Kier molecular flexibility index (Phi) is 5.28. The number of aromatic nitrogens is 1. The van der Waals surface area contributed by atoms with Crippen LogP contribution in [0.25, 0.3) is 0 Å². The summed E-state index contributed by atoms with van der Waals surface area (Å²) in [6.07, 6.45) is 3.43. The SMILES string of the molecule is CN1CCN(c2ccc(NC(=O)NCc3ccncc3)cc2)CC1. The molecule has 0 unspecified atom stereocenters. The van der Waals surface area contributed by atoms with Crippen LogP contribution in [0.1, 0.15) is 5.56 Å². The molecule has 0 aliphatic carbocycles. The summed E-state index contributed by atoms with van der Waals surface area (Å²) in [6.45, 7) is 4.72. The first-order valence-electron chi connectivity index (χ1n) is 8.18. The average Bonchev–Trinajstić information content (AvgIpc) is 2.62. The molecule has 24 heavy (non-hydrogen) atoms. The predicted octanol–water partition coefficient (Wildman–Crippen LogP) is 2.16. The highest BCUT2D eigenvalue weighted by Gasteiger charge is 2.14. The van der Waals surface area contributed by atoms with E-state index in [0.29, 0.717) is 6.54 Å². The maximum Gasteiger partial charge on any atom is 0.319 e. The van der Waals surface area contributed by atoms with E-state index in [9.17, 15) is 4.79 Å². The summed E-state index contributed by atoms with van der Waals surface area (Å²) < 4.78 is 0. The van der Waals surface area contributed by atoms with Crippen molar-refractivity contribution < 1.29 is 4.79 Å². The van der Waals surface area contributed by atoms with Crippen LogP contribution in [0.5, 0.6) is 0 Å². The van der Waals surface area contributed by atoms with Crippen LogP contribution in [0.3, 0.4) is 0 Å². The Morgan fingerprint density at radius 2 is 1.71 bits per heavy atom. The molecule has 1 saturated heterocycles. The number of piperazine rings is 1. The summed E-state index contributed by atoms with van der Waals surface area (Å²) in [7, 11) is 2.15. The number of pyridine rings is 1. The van der Waals surface area contributed by atoms with Crippen molar-refractivity contribution in [1.29, 1.82) is 0 Å². The summed E-state index contributed by atoms with van der Waals surface area (Å²) in [5.41, 5.74) is 3.01. The van der Waals surface area contributed by atoms with E-state index in [4.69, 9.17) is 0 Å². The number of anilines is 2. The maximum absolute atomic E-state index is 12.0. The molecule has 1 aliphatic rings. The Labute approximate surface area is 142 Å². The van der Waals surface area contributed by atoms with Gasteiger partial charge in [0, 0.05) is 56.5 Å². The summed E-state index contributed by atoms with van der Waals surface area (Å²) in [5, 5.41) is 5.69. The highest BCUT2D eigenvalue weighted by molar-refractivity contribution is 5.89. The number of amides is 2. The van der Waals surface area contributed by atoms with E-state index in [1.807, 2.05) is 24.3 Å². The molecule has 2 N–H and O–H groups in total. The average molecular weight is 325 g/mol. The van der Waals surface area contributed by atoms with E-state index in [-0.39, 0.29) is 6.03 Å².